The van der Waals surface area contributed by atoms with Crippen LogP contribution in [-0.2, 0) is 4.79 Å². The monoisotopic (exact) mass is 149 g/mol. The van der Waals surface area contributed by atoms with E-state index in [1.165, 1.54) is 12.0 Å². The Morgan fingerprint density at radius 1 is 1.70 bits per heavy atom. The predicted octanol–water partition coefficient (Wildman–Crippen LogP) is -2.09. The van der Waals surface area contributed by atoms with Gasteiger partial charge < -0.3 is 11.2 Å². The molecular formula is C7H12NNaO. The molecule has 0 unspecified atom stereocenters. The second-order valence-corrected chi connectivity index (χ2v) is 2.13. The van der Waals surface area contributed by atoms with E-state index in [-0.39, 0.29) is 35.5 Å². The molecule has 2 nitrogen and oxygen atoms in total. The maximum Gasteiger partial charge on any atom is 1.00 e. The van der Waals surface area contributed by atoms with E-state index < -0.39 is 0 Å². The van der Waals surface area contributed by atoms with Crippen molar-refractivity contribution in [3.8, 4) is 0 Å². The van der Waals surface area contributed by atoms with E-state index in [9.17, 15) is 4.79 Å². The zero-order valence-electron chi connectivity index (χ0n) is 6.90. The maximum absolute atomic E-state index is 10.5. The van der Waals surface area contributed by atoms with Crippen LogP contribution in [0.15, 0.2) is 12.7 Å². The van der Waals surface area contributed by atoms with Gasteiger partial charge in [0.05, 0.1) is 0 Å². The molecule has 0 aliphatic heterocycles. The normalized spacial score (nSPS) is 8.30. The van der Waals surface area contributed by atoms with Gasteiger partial charge in [-0.2, -0.15) is 13.8 Å². The summed E-state index contributed by atoms with van der Waals surface area (Å²) < 4.78 is 0. The van der Waals surface area contributed by atoms with Crippen molar-refractivity contribution < 1.29 is 34.4 Å². The fourth-order valence-corrected chi connectivity index (χ4v) is 0.336. The summed E-state index contributed by atoms with van der Waals surface area (Å²) in [5.74, 6) is 1.07. The van der Waals surface area contributed by atoms with Crippen molar-refractivity contribution in [1.29, 1.82) is 0 Å². The van der Waals surface area contributed by atoms with Crippen molar-refractivity contribution in [2.75, 3.05) is 6.54 Å². The Hall–Kier alpha value is 0.210. The van der Waals surface area contributed by atoms with Gasteiger partial charge in [-0.25, -0.2) is 0 Å². The molecule has 0 radical (unpaired) electrons. The van der Waals surface area contributed by atoms with E-state index in [0.29, 0.717) is 6.54 Å². The van der Waals surface area contributed by atoms with Crippen LogP contribution >= 0.6 is 0 Å². The molecule has 0 fully saturated rings. The molecule has 0 heterocycles. The van der Waals surface area contributed by atoms with Crippen LogP contribution < -0.4 is 34.9 Å². The van der Waals surface area contributed by atoms with Gasteiger partial charge in [-0.15, -0.1) is 6.54 Å². The number of nitrogens with one attached hydrogen (secondary N) is 1. The third kappa shape index (κ3) is 8.21. The minimum atomic E-state index is -0.115. The summed E-state index contributed by atoms with van der Waals surface area (Å²) in [6.45, 7) is 7.88. The van der Waals surface area contributed by atoms with Gasteiger partial charge in [-0.1, -0.05) is 6.58 Å². The van der Waals surface area contributed by atoms with Gasteiger partial charge in [-0.05, 0) is 6.08 Å². The molecule has 0 saturated carbocycles. The Kier molecular flexibility index (Phi) is 9.40. The van der Waals surface area contributed by atoms with Crippen molar-refractivity contribution >= 4 is 5.91 Å². The van der Waals surface area contributed by atoms with E-state index in [4.69, 9.17) is 0 Å². The van der Waals surface area contributed by atoms with Crippen LogP contribution in [-0.4, -0.2) is 12.5 Å². The Morgan fingerprint density at radius 2 is 2.20 bits per heavy atom. The van der Waals surface area contributed by atoms with Gasteiger partial charge in [0.25, 0.3) is 0 Å². The Bertz CT molecular complexity index is 112. The van der Waals surface area contributed by atoms with Crippen LogP contribution in [0.1, 0.15) is 13.8 Å². The molecule has 0 aromatic rings. The first-order valence-corrected chi connectivity index (χ1v) is 2.86. The molecule has 0 spiro atoms. The molecule has 0 aromatic heterocycles. The first-order valence-electron chi connectivity index (χ1n) is 2.86. The zero-order chi connectivity index (χ0) is 7.28. The minimum absolute atomic E-state index is 0. The molecule has 3 heteroatoms. The molecule has 1 amide bonds. The third-order valence-electron chi connectivity index (χ3n) is 0.802. The summed E-state index contributed by atoms with van der Waals surface area (Å²) >= 11 is 0. The van der Waals surface area contributed by atoms with Gasteiger partial charge in [0.2, 0.25) is 5.91 Å². The van der Waals surface area contributed by atoms with Crippen molar-refractivity contribution in [2.45, 2.75) is 13.8 Å². The standard InChI is InChI=1S/C7H12NO.Na/c1-4-7(9)8-5-6(2)3;/h4H,1,5H2,2-3H3,(H,8,9);/q-1;+1. The molecule has 0 saturated heterocycles. The largest absolute Gasteiger partial charge is 1.00 e. The summed E-state index contributed by atoms with van der Waals surface area (Å²) in [7, 11) is 0. The van der Waals surface area contributed by atoms with E-state index in [0.717, 1.165) is 0 Å². The summed E-state index contributed by atoms with van der Waals surface area (Å²) in [6.07, 6.45) is 1.27. The van der Waals surface area contributed by atoms with Gasteiger partial charge >= 0.3 is 29.6 Å². The average Bonchev–Trinajstić information content (AvgIpc) is 1.83. The van der Waals surface area contributed by atoms with Gasteiger partial charge in [-0.3, -0.25) is 4.79 Å². The van der Waals surface area contributed by atoms with E-state index in [1.54, 1.807) is 0 Å². The molecule has 10 heavy (non-hydrogen) atoms. The number of rotatable bonds is 3. The SMILES string of the molecule is C=CC(=O)NC[C-](C)C.[Na+]. The fourth-order valence-electron chi connectivity index (χ4n) is 0.336. The van der Waals surface area contributed by atoms with Crippen LogP contribution in [0.2, 0.25) is 0 Å². The van der Waals surface area contributed by atoms with Gasteiger partial charge in [0.15, 0.2) is 0 Å². The van der Waals surface area contributed by atoms with Crippen molar-refractivity contribution in [3.63, 3.8) is 0 Å². The Labute approximate surface area is 84.4 Å². The number of carbonyl (C=O) groups is 1. The Balaban J connectivity index is 0. The molecule has 52 valence electrons. The van der Waals surface area contributed by atoms with E-state index in [2.05, 4.69) is 11.9 Å². The van der Waals surface area contributed by atoms with E-state index >= 15 is 0 Å². The van der Waals surface area contributed by atoms with Crippen LogP contribution in [0.3, 0.4) is 0 Å². The predicted molar refractivity (Wildman–Crippen MR) is 37.8 cm³/mol. The first-order chi connectivity index (χ1) is 4.16. The first kappa shape index (κ1) is 12.8. The molecule has 0 aromatic carbocycles. The van der Waals surface area contributed by atoms with Crippen molar-refractivity contribution in [3.05, 3.63) is 18.6 Å². The Morgan fingerprint density at radius 3 is 2.50 bits per heavy atom. The minimum Gasteiger partial charge on any atom is -0.382 e. The topological polar surface area (TPSA) is 29.1 Å². The molecular weight excluding hydrogens is 137 g/mol. The second-order valence-electron chi connectivity index (χ2n) is 2.13. The van der Waals surface area contributed by atoms with Gasteiger partial charge in [0.1, 0.15) is 0 Å². The summed E-state index contributed by atoms with van der Waals surface area (Å²) in [6, 6.07) is 0. The number of hydrogen-bond acceptors (Lipinski definition) is 1. The summed E-state index contributed by atoms with van der Waals surface area (Å²) in [5, 5.41) is 2.64. The second kappa shape index (κ2) is 7.32. The molecule has 0 atom stereocenters. The molecule has 0 aliphatic rings. The number of carbonyl (C=O) groups excluding carboxylic acids is 1. The average molecular weight is 149 g/mol. The van der Waals surface area contributed by atoms with Crippen LogP contribution in [0, 0.1) is 5.92 Å². The zero-order valence-corrected chi connectivity index (χ0v) is 8.90. The van der Waals surface area contributed by atoms with Crippen LogP contribution in [0.4, 0.5) is 0 Å². The maximum atomic E-state index is 10.5. The quantitative estimate of drug-likeness (QED) is 0.278. The smallest absolute Gasteiger partial charge is 0.382 e. The number of amides is 1. The molecule has 1 N–H and O–H groups in total. The number of hydrogen-bond donors (Lipinski definition) is 1. The summed E-state index contributed by atoms with van der Waals surface area (Å²) in [5.41, 5.74) is 0. The fraction of sp³-hybridized carbons (Fsp3) is 0.429. The van der Waals surface area contributed by atoms with Crippen molar-refractivity contribution in [2.24, 2.45) is 0 Å². The van der Waals surface area contributed by atoms with Crippen LogP contribution in [0.5, 0.6) is 0 Å². The third-order valence-corrected chi connectivity index (χ3v) is 0.802. The van der Waals surface area contributed by atoms with Crippen LogP contribution in [0.25, 0.3) is 0 Å². The molecule has 0 aliphatic carbocycles. The molecule has 0 bridgehead atoms. The van der Waals surface area contributed by atoms with Crippen molar-refractivity contribution in [1.82, 2.24) is 5.32 Å². The summed E-state index contributed by atoms with van der Waals surface area (Å²) in [4.78, 5) is 10.5. The molecule has 0 rings (SSSR count). The van der Waals surface area contributed by atoms with E-state index in [1.807, 2.05) is 13.8 Å². The van der Waals surface area contributed by atoms with Gasteiger partial charge in [0, 0.05) is 0 Å².